The van der Waals surface area contributed by atoms with Crippen molar-refractivity contribution in [3.8, 4) is 0 Å². The molecular formula is C17H23Cl3N2O. The smallest absolute Gasteiger partial charge is 0.220 e. The monoisotopic (exact) mass is 376 g/mol. The fourth-order valence-electron chi connectivity index (χ4n) is 3.75. The van der Waals surface area contributed by atoms with Crippen LogP contribution in [0, 0.1) is 5.92 Å². The first-order valence-corrected chi connectivity index (χ1v) is 8.83. The zero-order valence-corrected chi connectivity index (χ0v) is 15.3. The molecule has 0 spiro atoms. The van der Waals surface area contributed by atoms with Crippen molar-refractivity contribution in [1.82, 2.24) is 10.6 Å². The van der Waals surface area contributed by atoms with Crippen molar-refractivity contribution < 1.29 is 4.79 Å². The van der Waals surface area contributed by atoms with E-state index in [1.807, 2.05) is 12.1 Å². The topological polar surface area (TPSA) is 41.1 Å². The Morgan fingerprint density at radius 2 is 1.91 bits per heavy atom. The van der Waals surface area contributed by atoms with Gasteiger partial charge in [-0.05, 0) is 49.7 Å². The average molecular weight is 378 g/mol. The summed E-state index contributed by atoms with van der Waals surface area (Å²) in [6, 6.07) is 6.89. The summed E-state index contributed by atoms with van der Waals surface area (Å²) in [6.07, 6.45) is 6.20. The van der Waals surface area contributed by atoms with Crippen molar-refractivity contribution in [2.45, 2.75) is 50.6 Å². The third kappa shape index (κ3) is 4.99. The molecule has 2 aliphatic heterocycles. The maximum absolute atomic E-state index is 12.1. The molecule has 23 heavy (non-hydrogen) atoms. The molecular weight excluding hydrogens is 355 g/mol. The second kappa shape index (κ2) is 8.57. The van der Waals surface area contributed by atoms with Gasteiger partial charge < -0.3 is 10.6 Å². The lowest BCUT2D eigenvalue weighted by Crippen LogP contribution is -2.39. The van der Waals surface area contributed by atoms with E-state index in [0.717, 1.165) is 18.4 Å². The highest BCUT2D eigenvalue weighted by atomic mass is 35.5. The maximum atomic E-state index is 12.1. The Morgan fingerprint density at radius 3 is 2.61 bits per heavy atom. The highest BCUT2D eigenvalue weighted by molar-refractivity contribution is 6.42. The summed E-state index contributed by atoms with van der Waals surface area (Å²) in [5.74, 6) is 0.693. The number of piperidine rings is 1. The Kier molecular flexibility index (Phi) is 7.02. The van der Waals surface area contributed by atoms with E-state index in [1.165, 1.54) is 12.8 Å². The summed E-state index contributed by atoms with van der Waals surface area (Å²) in [7, 11) is 0. The molecule has 0 aromatic heterocycles. The van der Waals surface area contributed by atoms with Gasteiger partial charge in [-0.1, -0.05) is 35.3 Å². The molecule has 0 radical (unpaired) electrons. The molecule has 2 unspecified atom stereocenters. The molecule has 2 aliphatic rings. The van der Waals surface area contributed by atoms with Gasteiger partial charge in [0.05, 0.1) is 10.0 Å². The van der Waals surface area contributed by atoms with E-state index in [-0.39, 0.29) is 18.3 Å². The van der Waals surface area contributed by atoms with Gasteiger partial charge in [0.25, 0.3) is 0 Å². The lowest BCUT2D eigenvalue weighted by Gasteiger charge is -2.28. The molecule has 2 N–H and O–H groups in total. The van der Waals surface area contributed by atoms with E-state index in [0.29, 0.717) is 47.4 Å². The average Bonchev–Trinajstić information content (AvgIpc) is 2.82. The first-order chi connectivity index (χ1) is 10.6. The summed E-state index contributed by atoms with van der Waals surface area (Å²) in [5.41, 5.74) is 0.981. The van der Waals surface area contributed by atoms with Crippen LogP contribution in [-0.4, -0.2) is 24.5 Å². The molecule has 3 nitrogen and oxygen atoms in total. The molecule has 6 heteroatoms. The van der Waals surface area contributed by atoms with Crippen molar-refractivity contribution in [1.29, 1.82) is 0 Å². The normalized spacial score (nSPS) is 25.7. The first kappa shape index (κ1) is 18.9. The van der Waals surface area contributed by atoms with Crippen LogP contribution in [0.3, 0.4) is 0 Å². The summed E-state index contributed by atoms with van der Waals surface area (Å²) in [4.78, 5) is 12.1. The van der Waals surface area contributed by atoms with Gasteiger partial charge in [0.1, 0.15) is 0 Å². The van der Waals surface area contributed by atoms with Crippen molar-refractivity contribution in [2.24, 2.45) is 5.92 Å². The Labute approximate surface area is 153 Å². The molecule has 1 aromatic rings. The van der Waals surface area contributed by atoms with Crippen LogP contribution in [-0.2, 0) is 11.2 Å². The number of rotatable bonds is 5. The van der Waals surface area contributed by atoms with Gasteiger partial charge in [-0.15, -0.1) is 12.4 Å². The number of fused-ring (bicyclic) bond motifs is 2. The van der Waals surface area contributed by atoms with Crippen LogP contribution in [0.15, 0.2) is 18.2 Å². The number of hydrogen-bond acceptors (Lipinski definition) is 2. The van der Waals surface area contributed by atoms with Gasteiger partial charge in [-0.2, -0.15) is 0 Å². The Morgan fingerprint density at radius 1 is 1.22 bits per heavy atom. The predicted molar refractivity (Wildman–Crippen MR) is 97.7 cm³/mol. The SMILES string of the molecule is Cl.O=C(CC1CC2CCC(C1)N2)NCCc1cccc(Cl)c1Cl. The van der Waals surface area contributed by atoms with Crippen LogP contribution in [0.25, 0.3) is 0 Å². The minimum absolute atomic E-state index is 0. The summed E-state index contributed by atoms with van der Waals surface area (Å²) >= 11 is 12.1. The van der Waals surface area contributed by atoms with E-state index >= 15 is 0 Å². The largest absolute Gasteiger partial charge is 0.356 e. The van der Waals surface area contributed by atoms with E-state index in [9.17, 15) is 4.79 Å². The van der Waals surface area contributed by atoms with Crippen LogP contribution in [0.4, 0.5) is 0 Å². The van der Waals surface area contributed by atoms with E-state index < -0.39 is 0 Å². The predicted octanol–water partition coefficient (Wildman–Crippen LogP) is 3.99. The third-order valence-corrected chi connectivity index (χ3v) is 5.65. The molecule has 1 amide bonds. The molecule has 1 aromatic carbocycles. The molecule has 128 valence electrons. The van der Waals surface area contributed by atoms with Gasteiger partial charge in [0.15, 0.2) is 0 Å². The van der Waals surface area contributed by atoms with Gasteiger partial charge >= 0.3 is 0 Å². The van der Waals surface area contributed by atoms with Crippen LogP contribution < -0.4 is 10.6 Å². The van der Waals surface area contributed by atoms with Crippen molar-refractivity contribution in [2.75, 3.05) is 6.54 Å². The number of hydrogen-bond donors (Lipinski definition) is 2. The van der Waals surface area contributed by atoms with Crippen molar-refractivity contribution in [3.63, 3.8) is 0 Å². The maximum Gasteiger partial charge on any atom is 0.220 e. The Balaban J connectivity index is 0.00000192. The van der Waals surface area contributed by atoms with Gasteiger partial charge in [-0.25, -0.2) is 0 Å². The minimum Gasteiger partial charge on any atom is -0.356 e. The number of carbonyl (C=O) groups is 1. The standard InChI is InChI=1S/C17H22Cl2N2O.ClH/c18-15-3-1-2-12(17(15)19)6-7-20-16(22)10-11-8-13-4-5-14(9-11)21-13;/h1-3,11,13-14,21H,4-10H2,(H,20,22);1H. The number of benzene rings is 1. The summed E-state index contributed by atoms with van der Waals surface area (Å²) in [6.45, 7) is 0.608. The fourth-order valence-corrected chi connectivity index (χ4v) is 4.17. The second-order valence-corrected chi connectivity index (χ2v) is 7.28. The third-order valence-electron chi connectivity index (χ3n) is 4.79. The van der Waals surface area contributed by atoms with E-state index in [1.54, 1.807) is 6.07 Å². The lowest BCUT2D eigenvalue weighted by atomic mass is 9.89. The second-order valence-electron chi connectivity index (χ2n) is 6.49. The van der Waals surface area contributed by atoms with Crippen molar-refractivity contribution >= 4 is 41.5 Å². The van der Waals surface area contributed by atoms with Crippen LogP contribution >= 0.6 is 35.6 Å². The van der Waals surface area contributed by atoms with Crippen molar-refractivity contribution in [3.05, 3.63) is 33.8 Å². The zero-order valence-electron chi connectivity index (χ0n) is 13.0. The molecule has 0 saturated carbocycles. The summed E-state index contributed by atoms with van der Waals surface area (Å²) < 4.78 is 0. The molecule has 2 fully saturated rings. The number of nitrogens with one attached hydrogen (secondary N) is 2. The summed E-state index contributed by atoms with van der Waals surface area (Å²) in [5, 5.41) is 7.78. The van der Waals surface area contributed by atoms with Gasteiger partial charge in [0.2, 0.25) is 5.91 Å². The fraction of sp³-hybridized carbons (Fsp3) is 0.588. The molecule has 2 bridgehead atoms. The molecule has 2 atom stereocenters. The highest BCUT2D eigenvalue weighted by Gasteiger charge is 2.34. The first-order valence-electron chi connectivity index (χ1n) is 8.07. The number of carbonyl (C=O) groups excluding carboxylic acids is 1. The van der Waals surface area contributed by atoms with Gasteiger partial charge in [-0.3, -0.25) is 4.79 Å². The molecule has 2 saturated heterocycles. The minimum atomic E-state index is 0. The zero-order chi connectivity index (χ0) is 15.5. The molecule has 2 heterocycles. The Hall–Kier alpha value is -0.480. The Bertz CT molecular complexity index is 541. The highest BCUT2D eigenvalue weighted by Crippen LogP contribution is 2.32. The lowest BCUT2D eigenvalue weighted by molar-refractivity contribution is -0.122. The van der Waals surface area contributed by atoms with Crippen LogP contribution in [0.1, 0.15) is 37.7 Å². The molecule has 0 aliphatic carbocycles. The van der Waals surface area contributed by atoms with Gasteiger partial charge in [0, 0.05) is 25.0 Å². The van der Waals surface area contributed by atoms with E-state index in [4.69, 9.17) is 23.2 Å². The number of halogens is 3. The molecule has 3 rings (SSSR count). The van der Waals surface area contributed by atoms with E-state index in [2.05, 4.69) is 10.6 Å². The quantitative estimate of drug-likeness (QED) is 0.814. The van der Waals surface area contributed by atoms with Crippen LogP contribution in [0.2, 0.25) is 10.0 Å². The van der Waals surface area contributed by atoms with Crippen LogP contribution in [0.5, 0.6) is 0 Å². The number of amides is 1.